The van der Waals surface area contributed by atoms with Crippen molar-refractivity contribution in [2.24, 2.45) is 10.7 Å². The molecule has 0 spiro atoms. The summed E-state index contributed by atoms with van der Waals surface area (Å²) in [5.74, 6) is 0.594. The number of rotatable bonds is 14. The van der Waals surface area contributed by atoms with Gasteiger partial charge in [0.2, 0.25) is 0 Å². The zero-order chi connectivity index (χ0) is 22.5. The van der Waals surface area contributed by atoms with Crippen molar-refractivity contribution in [3.05, 3.63) is 54.3 Å². The summed E-state index contributed by atoms with van der Waals surface area (Å²) < 4.78 is 0. The summed E-state index contributed by atoms with van der Waals surface area (Å²) in [4.78, 5) is 14.8. The molecule has 0 saturated heterocycles. The molecule has 0 bridgehead atoms. The number of unbranched alkanes of at least 4 members (excludes halogenated alkanes) is 1. The predicted molar refractivity (Wildman–Crippen MR) is 128 cm³/mol. The molecule has 2 heterocycles. The number of aromatic nitrogens is 2. The van der Waals surface area contributed by atoms with Gasteiger partial charge in [-0.05, 0) is 50.7 Å². The first-order valence-corrected chi connectivity index (χ1v) is 11.2. The van der Waals surface area contributed by atoms with Gasteiger partial charge in [-0.25, -0.2) is 9.98 Å². The minimum Gasteiger partial charge on any atom is -0.395 e. The van der Waals surface area contributed by atoms with E-state index >= 15 is 0 Å². The molecule has 1 atom stereocenters. The zero-order valence-electron chi connectivity index (χ0n) is 17.9. The molecule has 0 aliphatic heterocycles. The van der Waals surface area contributed by atoms with Crippen molar-refractivity contribution in [3.63, 3.8) is 0 Å². The maximum Gasteiger partial charge on any atom is 0.148 e. The lowest BCUT2D eigenvalue weighted by Crippen LogP contribution is -2.27. The van der Waals surface area contributed by atoms with Crippen LogP contribution in [-0.2, 0) is 0 Å². The standard InChI is InChI=1S/C22H32N6O2S/c1-3-28(14-15-29)13-8-6-4-5-7-11-18(24-2)26-22-19(20(23)30)27-21(31-22)17-10-9-12-25-16-17/h4,6,9-12,16,20,26,29-30H,2-3,5,7-8,13-15,23H2,1H3/b6-4-,18-11+. The highest BCUT2D eigenvalue weighted by molar-refractivity contribution is 7.19. The summed E-state index contributed by atoms with van der Waals surface area (Å²) in [7, 11) is 0. The van der Waals surface area contributed by atoms with E-state index in [4.69, 9.17) is 10.8 Å². The Bertz CT molecular complexity index is 851. The minimum absolute atomic E-state index is 0.194. The fraction of sp³-hybridized carbons (Fsp3) is 0.409. The summed E-state index contributed by atoms with van der Waals surface area (Å²) in [6, 6.07) is 3.74. The van der Waals surface area contributed by atoms with Crippen LogP contribution in [0.2, 0.25) is 0 Å². The number of nitrogens with one attached hydrogen (secondary N) is 1. The second-order valence-electron chi connectivity index (χ2n) is 6.79. The molecule has 0 aliphatic rings. The minimum atomic E-state index is -1.20. The summed E-state index contributed by atoms with van der Waals surface area (Å²) in [5.41, 5.74) is 6.91. The van der Waals surface area contributed by atoms with Crippen LogP contribution in [0.15, 0.2) is 53.6 Å². The van der Waals surface area contributed by atoms with Crippen LogP contribution in [0.4, 0.5) is 5.00 Å². The molecule has 0 amide bonds. The van der Waals surface area contributed by atoms with Crippen LogP contribution in [0, 0.1) is 0 Å². The second-order valence-corrected chi connectivity index (χ2v) is 7.79. The van der Waals surface area contributed by atoms with Crippen LogP contribution in [0.5, 0.6) is 0 Å². The van der Waals surface area contributed by atoms with Gasteiger partial charge in [-0.2, -0.15) is 0 Å². The van der Waals surface area contributed by atoms with Gasteiger partial charge in [0.25, 0.3) is 0 Å². The summed E-state index contributed by atoms with van der Waals surface area (Å²) in [6.07, 6.45) is 11.1. The van der Waals surface area contributed by atoms with Crippen LogP contribution in [0.1, 0.15) is 38.1 Å². The Morgan fingerprint density at radius 1 is 1.35 bits per heavy atom. The molecule has 0 aromatic carbocycles. The topological polar surface area (TPSA) is 120 Å². The van der Waals surface area contributed by atoms with Crippen molar-refractivity contribution in [1.29, 1.82) is 0 Å². The second kappa shape index (κ2) is 13.8. The summed E-state index contributed by atoms with van der Waals surface area (Å²) in [6.45, 7) is 8.52. The van der Waals surface area contributed by atoms with E-state index in [2.05, 4.69) is 51.0 Å². The largest absolute Gasteiger partial charge is 0.395 e. The Labute approximate surface area is 187 Å². The van der Waals surface area contributed by atoms with Gasteiger partial charge in [-0.3, -0.25) is 4.98 Å². The van der Waals surface area contributed by atoms with Gasteiger partial charge in [0.15, 0.2) is 0 Å². The molecule has 9 heteroatoms. The van der Waals surface area contributed by atoms with E-state index in [1.807, 2.05) is 18.2 Å². The first kappa shape index (κ1) is 24.8. The first-order valence-electron chi connectivity index (χ1n) is 10.4. The van der Waals surface area contributed by atoms with Crippen LogP contribution >= 0.6 is 11.3 Å². The molecule has 0 aliphatic carbocycles. The third kappa shape index (κ3) is 8.31. The van der Waals surface area contributed by atoms with E-state index in [1.165, 1.54) is 11.3 Å². The lowest BCUT2D eigenvalue weighted by atomic mass is 10.2. The molecule has 168 valence electrons. The van der Waals surface area contributed by atoms with Gasteiger partial charge in [0.05, 0.1) is 6.61 Å². The van der Waals surface area contributed by atoms with Crippen molar-refractivity contribution in [2.75, 3.05) is 31.6 Å². The van der Waals surface area contributed by atoms with Crippen LogP contribution in [0.3, 0.4) is 0 Å². The molecule has 2 aromatic heterocycles. The molecule has 2 rings (SSSR count). The average Bonchev–Trinajstić information content (AvgIpc) is 3.21. The number of anilines is 1. The van der Waals surface area contributed by atoms with Crippen molar-refractivity contribution >= 4 is 23.1 Å². The normalized spacial score (nSPS) is 13.1. The zero-order valence-corrected chi connectivity index (χ0v) is 18.8. The van der Waals surface area contributed by atoms with Crippen molar-refractivity contribution in [2.45, 2.75) is 32.4 Å². The van der Waals surface area contributed by atoms with Gasteiger partial charge in [-0.15, -0.1) is 0 Å². The molecule has 5 N–H and O–H groups in total. The van der Waals surface area contributed by atoms with Crippen LogP contribution < -0.4 is 11.1 Å². The van der Waals surface area contributed by atoms with Crippen LogP contribution in [-0.4, -0.2) is 58.0 Å². The molecular weight excluding hydrogens is 412 g/mol. The molecular formula is C22H32N6O2S. The Hall–Kier alpha value is -2.43. The predicted octanol–water partition coefficient (Wildman–Crippen LogP) is 3.15. The highest BCUT2D eigenvalue weighted by Gasteiger charge is 2.17. The number of allylic oxidation sites excluding steroid dienone is 2. The van der Waals surface area contributed by atoms with Crippen molar-refractivity contribution < 1.29 is 10.2 Å². The number of hydrogen-bond donors (Lipinski definition) is 4. The van der Waals surface area contributed by atoms with E-state index in [1.54, 1.807) is 12.4 Å². The van der Waals surface area contributed by atoms with Gasteiger partial charge < -0.3 is 26.2 Å². The monoisotopic (exact) mass is 444 g/mol. The highest BCUT2D eigenvalue weighted by Crippen LogP contribution is 2.34. The number of aliphatic hydroxyl groups is 2. The number of nitrogens with zero attached hydrogens (tertiary/aromatic N) is 4. The number of likely N-dealkylation sites (N-methyl/N-ethyl adjacent to an activating group) is 1. The first-order chi connectivity index (χ1) is 15.1. The number of nitrogens with two attached hydrogens (primary N) is 1. The van der Waals surface area contributed by atoms with E-state index in [9.17, 15) is 5.11 Å². The number of pyridine rings is 1. The third-order valence-corrected chi connectivity index (χ3v) is 5.60. The maximum absolute atomic E-state index is 9.91. The fourth-order valence-corrected chi connectivity index (χ4v) is 3.89. The lowest BCUT2D eigenvalue weighted by Gasteiger charge is -2.17. The van der Waals surface area contributed by atoms with Gasteiger partial charge in [0, 0.05) is 31.0 Å². The van der Waals surface area contributed by atoms with Crippen LogP contribution in [0.25, 0.3) is 10.6 Å². The molecule has 2 aromatic rings. The Kier molecular flexibility index (Phi) is 11.0. The summed E-state index contributed by atoms with van der Waals surface area (Å²) in [5, 5.41) is 23.5. The van der Waals surface area contributed by atoms with E-state index in [0.29, 0.717) is 28.1 Å². The fourth-order valence-electron chi connectivity index (χ4n) is 2.88. The Morgan fingerprint density at radius 3 is 2.81 bits per heavy atom. The molecule has 0 fully saturated rings. The Morgan fingerprint density at radius 2 is 2.16 bits per heavy atom. The number of hydrogen-bond acceptors (Lipinski definition) is 9. The SMILES string of the molecule is C=N/C(=C\CC/C=C\CCN(CC)CCO)Nc1sc(-c2cccnc2)nc1C(N)O. The maximum atomic E-state index is 9.91. The Balaban J connectivity index is 1.93. The highest BCUT2D eigenvalue weighted by atomic mass is 32.1. The van der Waals surface area contributed by atoms with Crippen molar-refractivity contribution in [3.8, 4) is 10.6 Å². The van der Waals surface area contributed by atoms with E-state index < -0.39 is 6.23 Å². The molecule has 1 unspecified atom stereocenters. The summed E-state index contributed by atoms with van der Waals surface area (Å²) >= 11 is 1.38. The average molecular weight is 445 g/mol. The van der Waals surface area contributed by atoms with Gasteiger partial charge >= 0.3 is 0 Å². The molecule has 31 heavy (non-hydrogen) atoms. The molecule has 8 nitrogen and oxygen atoms in total. The number of aliphatic hydroxyl groups excluding tert-OH is 2. The van der Waals surface area contributed by atoms with E-state index in [0.717, 1.165) is 37.9 Å². The quantitative estimate of drug-likeness (QED) is 0.153. The number of thiazole rings is 1. The van der Waals surface area contributed by atoms with Crippen molar-refractivity contribution in [1.82, 2.24) is 14.9 Å². The molecule has 0 saturated carbocycles. The van der Waals surface area contributed by atoms with Gasteiger partial charge in [-0.1, -0.05) is 30.4 Å². The smallest absolute Gasteiger partial charge is 0.148 e. The third-order valence-electron chi connectivity index (χ3n) is 4.57. The van der Waals surface area contributed by atoms with Gasteiger partial charge in [0.1, 0.15) is 27.8 Å². The molecule has 0 radical (unpaired) electrons. The van der Waals surface area contributed by atoms with E-state index in [-0.39, 0.29) is 6.61 Å². The number of aliphatic imine (C=N–C) groups is 1. The lowest BCUT2D eigenvalue weighted by molar-refractivity contribution is 0.183.